The summed E-state index contributed by atoms with van der Waals surface area (Å²) in [7, 11) is 0. The number of aliphatic carboxylic acids is 1. The van der Waals surface area contributed by atoms with Gasteiger partial charge in [0.25, 0.3) is 11.8 Å². The molecule has 15 heteroatoms. The van der Waals surface area contributed by atoms with Gasteiger partial charge in [-0.25, -0.2) is 4.79 Å². The fourth-order valence-corrected chi connectivity index (χ4v) is 3.22. The molecular weight excluding hydrogens is 495 g/mol. The highest BCUT2D eigenvalue weighted by molar-refractivity contribution is 6.24. The molecule has 1 fully saturated rings. The van der Waals surface area contributed by atoms with Crippen molar-refractivity contribution in [3.8, 4) is 5.75 Å². The highest BCUT2D eigenvalue weighted by Crippen LogP contribution is 2.33. The quantitative estimate of drug-likeness (QED) is 0.284. The van der Waals surface area contributed by atoms with E-state index in [1.807, 2.05) is 0 Å². The molecule has 0 saturated carbocycles. The molecule has 2 aliphatic rings. The van der Waals surface area contributed by atoms with E-state index in [2.05, 4.69) is 5.32 Å². The van der Waals surface area contributed by atoms with Gasteiger partial charge < -0.3 is 25.1 Å². The van der Waals surface area contributed by atoms with Crippen molar-refractivity contribution in [3.05, 3.63) is 29.3 Å². The second-order valence-corrected chi connectivity index (χ2v) is 7.29. The maximum Gasteiger partial charge on any atom is 0.490 e. The van der Waals surface area contributed by atoms with Gasteiger partial charge in [-0.2, -0.15) is 13.2 Å². The van der Waals surface area contributed by atoms with Gasteiger partial charge in [0.05, 0.1) is 37.6 Å². The summed E-state index contributed by atoms with van der Waals surface area (Å²) in [6, 6.07) is 3.70. The van der Waals surface area contributed by atoms with Gasteiger partial charge in [-0.1, -0.05) is 6.07 Å². The van der Waals surface area contributed by atoms with E-state index in [9.17, 15) is 32.3 Å². The minimum absolute atomic E-state index is 0.0690. The van der Waals surface area contributed by atoms with Crippen LogP contribution in [0.1, 0.15) is 33.6 Å². The molecule has 1 unspecified atom stereocenters. The van der Waals surface area contributed by atoms with Crippen LogP contribution < -0.4 is 15.8 Å². The summed E-state index contributed by atoms with van der Waals surface area (Å²) < 4.78 is 47.9. The first-order valence-corrected chi connectivity index (χ1v) is 10.6. The van der Waals surface area contributed by atoms with Crippen molar-refractivity contribution in [1.29, 1.82) is 0 Å². The first-order valence-electron chi connectivity index (χ1n) is 10.6. The zero-order valence-electron chi connectivity index (χ0n) is 18.8. The number of rotatable bonds is 10. The number of benzene rings is 1. The predicted molar refractivity (Wildman–Crippen MR) is 113 cm³/mol. The van der Waals surface area contributed by atoms with E-state index in [1.165, 1.54) is 6.07 Å². The van der Waals surface area contributed by atoms with E-state index in [4.69, 9.17) is 29.8 Å². The van der Waals surface area contributed by atoms with Crippen molar-refractivity contribution in [3.63, 3.8) is 0 Å². The Labute approximate surface area is 202 Å². The summed E-state index contributed by atoms with van der Waals surface area (Å²) in [5.41, 5.74) is 5.61. The van der Waals surface area contributed by atoms with Crippen LogP contribution in [0.4, 0.5) is 13.2 Å². The number of imide groups is 2. The van der Waals surface area contributed by atoms with Gasteiger partial charge in [-0.15, -0.1) is 0 Å². The number of halogens is 3. The summed E-state index contributed by atoms with van der Waals surface area (Å²) >= 11 is 0. The molecule has 0 aliphatic carbocycles. The second-order valence-electron chi connectivity index (χ2n) is 7.29. The van der Waals surface area contributed by atoms with Crippen molar-refractivity contribution in [2.75, 3.05) is 39.6 Å². The molecular formula is C21H24F3N3O9. The number of hydrogen-bond acceptors (Lipinski definition) is 9. The summed E-state index contributed by atoms with van der Waals surface area (Å²) in [6.45, 7) is 2.17. The third kappa shape index (κ3) is 7.47. The van der Waals surface area contributed by atoms with E-state index in [0.717, 1.165) is 4.90 Å². The van der Waals surface area contributed by atoms with Crippen LogP contribution in [0.25, 0.3) is 0 Å². The van der Waals surface area contributed by atoms with Gasteiger partial charge in [0.1, 0.15) is 18.4 Å². The Morgan fingerprint density at radius 3 is 2.25 bits per heavy atom. The zero-order valence-corrected chi connectivity index (χ0v) is 18.8. The van der Waals surface area contributed by atoms with Crippen molar-refractivity contribution in [2.45, 2.75) is 25.1 Å². The molecule has 4 N–H and O–H groups in total. The summed E-state index contributed by atoms with van der Waals surface area (Å²) in [6.07, 6.45) is -4.91. The molecule has 0 spiro atoms. The maximum absolute atomic E-state index is 12.9. The number of alkyl halides is 3. The molecule has 2 heterocycles. The second kappa shape index (κ2) is 12.9. The number of amides is 4. The van der Waals surface area contributed by atoms with Crippen LogP contribution in [0, 0.1) is 0 Å². The van der Waals surface area contributed by atoms with Crippen LogP contribution in [0.3, 0.4) is 0 Å². The number of fused-ring (bicyclic) bond motifs is 1. The number of nitrogens with one attached hydrogen (secondary N) is 1. The van der Waals surface area contributed by atoms with Crippen LogP contribution >= 0.6 is 0 Å². The first-order chi connectivity index (χ1) is 17.0. The largest absolute Gasteiger partial charge is 0.490 e. The number of carbonyl (C=O) groups excluding carboxylic acids is 4. The van der Waals surface area contributed by atoms with Crippen LogP contribution in [0.15, 0.2) is 18.2 Å². The fourth-order valence-electron chi connectivity index (χ4n) is 3.22. The Morgan fingerprint density at radius 1 is 1.06 bits per heavy atom. The van der Waals surface area contributed by atoms with Crippen LogP contribution in [-0.2, 0) is 23.9 Å². The van der Waals surface area contributed by atoms with E-state index in [1.54, 1.807) is 12.1 Å². The fraction of sp³-hybridized carbons (Fsp3) is 0.476. The third-order valence-electron chi connectivity index (χ3n) is 4.79. The van der Waals surface area contributed by atoms with Crippen LogP contribution in [0.2, 0.25) is 0 Å². The van der Waals surface area contributed by atoms with Crippen molar-refractivity contribution >= 4 is 29.6 Å². The highest BCUT2D eigenvalue weighted by Gasteiger charge is 2.46. The van der Waals surface area contributed by atoms with Crippen molar-refractivity contribution in [2.24, 2.45) is 5.73 Å². The van der Waals surface area contributed by atoms with E-state index >= 15 is 0 Å². The van der Waals surface area contributed by atoms with Gasteiger partial charge in [0.2, 0.25) is 11.8 Å². The molecule has 2 aliphatic heterocycles. The highest BCUT2D eigenvalue weighted by atomic mass is 19.4. The monoisotopic (exact) mass is 519 g/mol. The van der Waals surface area contributed by atoms with Gasteiger partial charge in [0.15, 0.2) is 0 Å². The topological polar surface area (TPSA) is 175 Å². The van der Waals surface area contributed by atoms with E-state index in [-0.39, 0.29) is 42.9 Å². The van der Waals surface area contributed by atoms with Crippen LogP contribution in [-0.4, -0.2) is 91.4 Å². The standard InChI is InChI=1S/C19H23N3O7.C2HF3O2/c20-6-7-27-8-9-28-10-11-29-14-3-1-2-12-16(14)19(26)22(18(12)25)13-4-5-15(23)21-17(13)24;3-2(4,5)1(6)7/h1-3,13H,4-11,20H2,(H,21,23,24);(H,6,7). The number of hydrogen-bond donors (Lipinski definition) is 3. The average Bonchev–Trinajstić information content (AvgIpc) is 3.06. The molecule has 1 aromatic rings. The molecule has 3 rings (SSSR count). The number of piperidine rings is 1. The lowest BCUT2D eigenvalue weighted by atomic mass is 10.0. The summed E-state index contributed by atoms with van der Waals surface area (Å²) in [4.78, 5) is 58.9. The molecule has 12 nitrogen and oxygen atoms in total. The first kappa shape index (κ1) is 28.7. The Balaban J connectivity index is 0.000000572. The van der Waals surface area contributed by atoms with Gasteiger partial charge in [0, 0.05) is 13.0 Å². The Morgan fingerprint density at radius 2 is 1.67 bits per heavy atom. The maximum atomic E-state index is 12.9. The molecule has 198 valence electrons. The average molecular weight is 519 g/mol. The Kier molecular flexibility index (Phi) is 10.3. The van der Waals surface area contributed by atoms with E-state index in [0.29, 0.717) is 26.4 Å². The predicted octanol–water partition coefficient (Wildman–Crippen LogP) is 0.0918. The molecule has 0 bridgehead atoms. The number of nitrogens with zero attached hydrogens (tertiary/aromatic N) is 1. The number of carboxylic acid groups (broad SMARTS) is 1. The lowest BCUT2D eigenvalue weighted by Crippen LogP contribution is -2.54. The van der Waals surface area contributed by atoms with Crippen molar-refractivity contribution < 1.29 is 56.5 Å². The number of nitrogens with two attached hydrogens (primary N) is 1. The van der Waals surface area contributed by atoms with E-state index < -0.39 is 41.8 Å². The number of ether oxygens (including phenoxy) is 3. The van der Waals surface area contributed by atoms with Gasteiger partial charge in [-0.3, -0.25) is 29.4 Å². The molecule has 4 amide bonds. The molecule has 0 aromatic heterocycles. The molecule has 1 atom stereocenters. The Bertz CT molecular complexity index is 1000. The SMILES string of the molecule is NCCOCCOCCOc1cccc2c1C(=O)N(C1CCC(=O)NC1=O)C2=O.O=C(O)C(F)(F)F. The van der Waals surface area contributed by atoms with Crippen molar-refractivity contribution in [1.82, 2.24) is 10.2 Å². The lowest BCUT2D eigenvalue weighted by molar-refractivity contribution is -0.192. The summed E-state index contributed by atoms with van der Waals surface area (Å²) in [5, 5.41) is 9.29. The van der Waals surface area contributed by atoms with Gasteiger partial charge >= 0.3 is 12.1 Å². The molecule has 1 aromatic carbocycles. The minimum atomic E-state index is -5.08. The van der Waals surface area contributed by atoms with Crippen LogP contribution in [0.5, 0.6) is 5.75 Å². The zero-order chi connectivity index (χ0) is 26.9. The minimum Gasteiger partial charge on any atom is -0.490 e. The summed E-state index contributed by atoms with van der Waals surface area (Å²) in [5.74, 6) is -4.75. The molecule has 0 radical (unpaired) electrons. The molecule has 1 saturated heterocycles. The third-order valence-corrected chi connectivity index (χ3v) is 4.79. The number of carbonyl (C=O) groups is 5. The molecule has 36 heavy (non-hydrogen) atoms. The lowest BCUT2D eigenvalue weighted by Gasteiger charge is -2.27. The smallest absolute Gasteiger partial charge is 0.490 e. The number of carboxylic acids is 1. The normalized spacial score (nSPS) is 17.3. The van der Waals surface area contributed by atoms with Gasteiger partial charge in [-0.05, 0) is 18.6 Å². The Hall–Kier alpha value is -3.56.